The number of hydrogen-bond acceptors (Lipinski definition) is 4. The highest BCUT2D eigenvalue weighted by molar-refractivity contribution is 5.78. The Morgan fingerprint density at radius 1 is 1.26 bits per heavy atom. The number of rotatable bonds is 8. The van der Waals surface area contributed by atoms with E-state index in [1.165, 1.54) is 12.1 Å². The van der Waals surface area contributed by atoms with E-state index in [1.807, 2.05) is 0 Å². The molecule has 1 unspecified atom stereocenters. The number of carboxylic acid groups (broad SMARTS) is 1. The van der Waals surface area contributed by atoms with Crippen molar-refractivity contribution in [1.29, 1.82) is 0 Å². The van der Waals surface area contributed by atoms with Gasteiger partial charge in [-0.1, -0.05) is 12.1 Å². The molecule has 0 aliphatic rings. The molecule has 1 rings (SSSR count). The summed E-state index contributed by atoms with van der Waals surface area (Å²) in [5.74, 6) is -2.12. The van der Waals surface area contributed by atoms with E-state index in [1.54, 1.807) is 6.92 Å². The second-order valence-electron chi connectivity index (χ2n) is 4.47. The van der Waals surface area contributed by atoms with Crippen molar-refractivity contribution in [3.63, 3.8) is 0 Å². The third-order valence-corrected chi connectivity index (χ3v) is 2.67. The number of alkyl halides is 3. The van der Waals surface area contributed by atoms with Crippen LogP contribution >= 0.6 is 0 Å². The standard InChI is InChI=1S/C14H16F3NO5/c1-2-22-8-12(19)18-11(7-13(20)21)9-3-5-10(6-4-9)23-14(15,16)17/h3-6,11H,2,7-8H2,1H3,(H,18,19)(H,20,21). The Balaban J connectivity index is 2.81. The Hall–Kier alpha value is -2.29. The molecule has 23 heavy (non-hydrogen) atoms. The van der Waals surface area contributed by atoms with Gasteiger partial charge in [0.2, 0.25) is 5.91 Å². The first-order valence-corrected chi connectivity index (χ1v) is 6.66. The first-order valence-electron chi connectivity index (χ1n) is 6.66. The summed E-state index contributed by atoms with van der Waals surface area (Å²) in [7, 11) is 0. The number of benzene rings is 1. The highest BCUT2D eigenvalue weighted by atomic mass is 19.4. The van der Waals surface area contributed by atoms with E-state index in [0.29, 0.717) is 12.2 Å². The molecule has 0 spiro atoms. The van der Waals surface area contributed by atoms with Gasteiger partial charge in [-0.2, -0.15) is 0 Å². The summed E-state index contributed by atoms with van der Waals surface area (Å²) in [6.07, 6.45) is -5.23. The molecule has 128 valence electrons. The average Bonchev–Trinajstić information content (AvgIpc) is 2.43. The van der Waals surface area contributed by atoms with Gasteiger partial charge in [-0.3, -0.25) is 9.59 Å². The molecular weight excluding hydrogens is 319 g/mol. The third kappa shape index (κ3) is 7.50. The predicted octanol–water partition coefficient (Wildman–Crippen LogP) is 2.25. The normalized spacial score (nSPS) is 12.5. The van der Waals surface area contributed by atoms with Crippen molar-refractivity contribution in [2.24, 2.45) is 0 Å². The molecule has 0 radical (unpaired) electrons. The first-order chi connectivity index (χ1) is 10.7. The summed E-state index contributed by atoms with van der Waals surface area (Å²) in [4.78, 5) is 22.5. The Labute approximate surface area is 130 Å². The zero-order valence-corrected chi connectivity index (χ0v) is 12.2. The van der Waals surface area contributed by atoms with Crippen LogP contribution in [-0.4, -0.2) is 36.6 Å². The molecule has 1 amide bonds. The molecule has 0 heterocycles. The van der Waals surface area contributed by atoms with Crippen molar-refractivity contribution >= 4 is 11.9 Å². The van der Waals surface area contributed by atoms with Crippen LogP contribution in [0.1, 0.15) is 24.9 Å². The van der Waals surface area contributed by atoms with Gasteiger partial charge in [-0.25, -0.2) is 0 Å². The molecule has 0 saturated heterocycles. The second kappa shape index (κ2) is 8.37. The van der Waals surface area contributed by atoms with E-state index < -0.39 is 36.5 Å². The molecule has 0 fully saturated rings. The fraction of sp³-hybridized carbons (Fsp3) is 0.429. The van der Waals surface area contributed by atoms with Crippen LogP contribution < -0.4 is 10.1 Å². The van der Waals surface area contributed by atoms with E-state index >= 15 is 0 Å². The topological polar surface area (TPSA) is 84.9 Å². The Kier molecular flexibility index (Phi) is 6.83. The van der Waals surface area contributed by atoms with E-state index in [9.17, 15) is 22.8 Å². The number of nitrogens with one attached hydrogen (secondary N) is 1. The van der Waals surface area contributed by atoms with Gasteiger partial charge in [-0.15, -0.1) is 13.2 Å². The molecule has 2 N–H and O–H groups in total. The maximum atomic E-state index is 12.1. The summed E-state index contributed by atoms with van der Waals surface area (Å²) in [6.45, 7) is 1.78. The number of ether oxygens (including phenoxy) is 2. The quantitative estimate of drug-likeness (QED) is 0.761. The lowest BCUT2D eigenvalue weighted by Gasteiger charge is -2.18. The number of amides is 1. The maximum Gasteiger partial charge on any atom is 0.573 e. The van der Waals surface area contributed by atoms with Crippen molar-refractivity contribution in [3.05, 3.63) is 29.8 Å². The summed E-state index contributed by atoms with van der Waals surface area (Å²) in [5.41, 5.74) is 0.340. The SMILES string of the molecule is CCOCC(=O)NC(CC(=O)O)c1ccc(OC(F)(F)F)cc1. The highest BCUT2D eigenvalue weighted by Gasteiger charge is 2.31. The van der Waals surface area contributed by atoms with Crippen LogP contribution in [-0.2, 0) is 14.3 Å². The third-order valence-electron chi connectivity index (χ3n) is 2.67. The Morgan fingerprint density at radius 2 is 1.87 bits per heavy atom. The number of carbonyl (C=O) groups excluding carboxylic acids is 1. The monoisotopic (exact) mass is 335 g/mol. The van der Waals surface area contributed by atoms with Crippen LogP contribution in [0.4, 0.5) is 13.2 Å². The predicted molar refractivity (Wildman–Crippen MR) is 72.8 cm³/mol. The van der Waals surface area contributed by atoms with Crippen LogP contribution in [0.5, 0.6) is 5.75 Å². The number of halogens is 3. The molecule has 6 nitrogen and oxygen atoms in total. The van der Waals surface area contributed by atoms with Gasteiger partial charge < -0.3 is 19.9 Å². The lowest BCUT2D eigenvalue weighted by atomic mass is 10.0. The van der Waals surface area contributed by atoms with Gasteiger partial charge >= 0.3 is 12.3 Å². The minimum atomic E-state index is -4.81. The molecule has 1 atom stereocenters. The van der Waals surface area contributed by atoms with Crippen molar-refractivity contribution in [1.82, 2.24) is 5.32 Å². The fourth-order valence-corrected chi connectivity index (χ4v) is 1.76. The van der Waals surface area contributed by atoms with Crippen molar-refractivity contribution < 1.29 is 37.3 Å². The Bertz CT molecular complexity index is 530. The molecule has 9 heteroatoms. The largest absolute Gasteiger partial charge is 0.573 e. The van der Waals surface area contributed by atoms with Crippen LogP contribution in [0, 0.1) is 0 Å². The number of aliphatic carboxylic acids is 1. The van der Waals surface area contributed by atoms with Crippen LogP contribution in [0.3, 0.4) is 0 Å². The zero-order valence-electron chi connectivity index (χ0n) is 12.2. The summed E-state index contributed by atoms with van der Waals surface area (Å²) >= 11 is 0. The van der Waals surface area contributed by atoms with Crippen LogP contribution in [0.15, 0.2) is 24.3 Å². The van der Waals surface area contributed by atoms with Crippen LogP contribution in [0.2, 0.25) is 0 Å². The summed E-state index contributed by atoms with van der Waals surface area (Å²) in [6, 6.07) is 3.73. The average molecular weight is 335 g/mol. The number of carboxylic acids is 1. The minimum absolute atomic E-state index is 0.234. The molecule has 1 aromatic rings. The van der Waals surface area contributed by atoms with Crippen molar-refractivity contribution in [2.75, 3.05) is 13.2 Å². The minimum Gasteiger partial charge on any atom is -0.481 e. The van der Waals surface area contributed by atoms with Gasteiger partial charge in [-0.05, 0) is 24.6 Å². The summed E-state index contributed by atoms with van der Waals surface area (Å²) < 4.78 is 44.9. The maximum absolute atomic E-state index is 12.1. The fourth-order valence-electron chi connectivity index (χ4n) is 1.76. The molecular formula is C14H16F3NO5. The smallest absolute Gasteiger partial charge is 0.481 e. The lowest BCUT2D eigenvalue weighted by Crippen LogP contribution is -2.33. The molecule has 0 bridgehead atoms. The molecule has 0 aromatic heterocycles. The van der Waals surface area contributed by atoms with Crippen LogP contribution in [0.25, 0.3) is 0 Å². The van der Waals surface area contributed by atoms with Gasteiger partial charge in [0.25, 0.3) is 0 Å². The van der Waals surface area contributed by atoms with Gasteiger partial charge in [0.15, 0.2) is 0 Å². The number of carbonyl (C=O) groups is 2. The lowest BCUT2D eigenvalue weighted by molar-refractivity contribution is -0.274. The first kappa shape index (κ1) is 18.8. The van der Waals surface area contributed by atoms with E-state index in [2.05, 4.69) is 10.1 Å². The Morgan fingerprint density at radius 3 is 2.35 bits per heavy atom. The van der Waals surface area contributed by atoms with E-state index in [4.69, 9.17) is 9.84 Å². The second-order valence-corrected chi connectivity index (χ2v) is 4.47. The van der Waals surface area contributed by atoms with Gasteiger partial charge in [0.1, 0.15) is 12.4 Å². The van der Waals surface area contributed by atoms with E-state index in [-0.39, 0.29) is 6.61 Å². The highest BCUT2D eigenvalue weighted by Crippen LogP contribution is 2.25. The van der Waals surface area contributed by atoms with Crippen molar-refractivity contribution in [2.45, 2.75) is 25.7 Å². The molecule has 1 aromatic carbocycles. The van der Waals surface area contributed by atoms with Gasteiger partial charge in [0, 0.05) is 6.61 Å². The zero-order chi connectivity index (χ0) is 17.5. The molecule has 0 saturated carbocycles. The van der Waals surface area contributed by atoms with E-state index in [0.717, 1.165) is 12.1 Å². The number of hydrogen-bond donors (Lipinski definition) is 2. The van der Waals surface area contributed by atoms with Crippen molar-refractivity contribution in [3.8, 4) is 5.75 Å². The molecule has 0 aliphatic heterocycles. The summed E-state index contributed by atoms with van der Waals surface area (Å²) in [5, 5.41) is 11.3. The van der Waals surface area contributed by atoms with Gasteiger partial charge in [0.05, 0.1) is 12.5 Å². The molecule has 0 aliphatic carbocycles.